The van der Waals surface area contributed by atoms with Gasteiger partial charge in [0, 0.05) is 18.1 Å². The molecule has 96 valence electrons. The lowest BCUT2D eigenvalue weighted by Crippen LogP contribution is -2.36. The molecule has 16 heavy (non-hydrogen) atoms. The van der Waals surface area contributed by atoms with Gasteiger partial charge in [-0.05, 0) is 46.7 Å². The Kier molecular flexibility index (Phi) is 6.37. The van der Waals surface area contributed by atoms with E-state index < -0.39 is 0 Å². The van der Waals surface area contributed by atoms with Gasteiger partial charge in [-0.2, -0.15) is 0 Å². The molecule has 1 fully saturated rings. The highest BCUT2D eigenvalue weighted by Crippen LogP contribution is 2.23. The van der Waals surface area contributed by atoms with Crippen molar-refractivity contribution >= 4 is 0 Å². The van der Waals surface area contributed by atoms with Gasteiger partial charge in [0.2, 0.25) is 0 Å². The van der Waals surface area contributed by atoms with Gasteiger partial charge < -0.3 is 10.2 Å². The smallest absolute Gasteiger partial charge is 0.0105 e. The fourth-order valence-electron chi connectivity index (χ4n) is 2.76. The molecule has 1 rings (SSSR count). The maximum absolute atomic E-state index is 3.80. The third kappa shape index (κ3) is 4.84. The van der Waals surface area contributed by atoms with Gasteiger partial charge in [-0.1, -0.05) is 26.2 Å². The van der Waals surface area contributed by atoms with Crippen molar-refractivity contribution in [1.29, 1.82) is 0 Å². The fraction of sp³-hybridized carbons (Fsp3) is 1.00. The van der Waals surface area contributed by atoms with Crippen LogP contribution < -0.4 is 5.32 Å². The first kappa shape index (κ1) is 14.0. The number of rotatable bonds is 7. The number of nitrogens with zero attached hydrogens (tertiary/aromatic N) is 1. The van der Waals surface area contributed by atoms with Gasteiger partial charge in [0.25, 0.3) is 0 Å². The molecule has 2 nitrogen and oxygen atoms in total. The van der Waals surface area contributed by atoms with Gasteiger partial charge in [0.05, 0.1) is 0 Å². The Labute approximate surface area is 102 Å². The van der Waals surface area contributed by atoms with E-state index in [0.717, 1.165) is 12.1 Å². The minimum absolute atomic E-state index is 0.706. The highest BCUT2D eigenvalue weighted by Gasteiger charge is 2.26. The second-order valence-electron chi connectivity index (χ2n) is 5.69. The quantitative estimate of drug-likeness (QED) is 0.671. The summed E-state index contributed by atoms with van der Waals surface area (Å²) in [6.45, 7) is 4.62. The predicted octanol–water partition coefficient (Wildman–Crippen LogP) is 3.03. The van der Waals surface area contributed by atoms with E-state index in [1.807, 2.05) is 0 Å². The van der Waals surface area contributed by atoms with Gasteiger partial charge in [0.15, 0.2) is 0 Å². The first-order valence-corrected chi connectivity index (χ1v) is 7.06. The second-order valence-corrected chi connectivity index (χ2v) is 5.69. The molecule has 0 bridgehead atoms. The van der Waals surface area contributed by atoms with Crippen molar-refractivity contribution in [2.75, 3.05) is 14.1 Å². The van der Waals surface area contributed by atoms with Crippen molar-refractivity contribution in [2.45, 2.75) is 76.9 Å². The van der Waals surface area contributed by atoms with Crippen molar-refractivity contribution in [3.63, 3.8) is 0 Å². The summed E-state index contributed by atoms with van der Waals surface area (Å²) in [6, 6.07) is 2.28. The Morgan fingerprint density at radius 1 is 1.25 bits per heavy atom. The van der Waals surface area contributed by atoms with E-state index in [1.54, 1.807) is 0 Å². The molecule has 1 saturated carbocycles. The average Bonchev–Trinajstić information content (AvgIpc) is 2.66. The van der Waals surface area contributed by atoms with Crippen LogP contribution in [0.5, 0.6) is 0 Å². The van der Waals surface area contributed by atoms with Crippen LogP contribution >= 0.6 is 0 Å². The summed E-state index contributed by atoms with van der Waals surface area (Å²) in [5, 5.41) is 3.80. The van der Waals surface area contributed by atoms with Gasteiger partial charge >= 0.3 is 0 Å². The lowest BCUT2D eigenvalue weighted by atomic mass is 10.1. The summed E-state index contributed by atoms with van der Waals surface area (Å²) in [5.74, 6) is 0. The summed E-state index contributed by atoms with van der Waals surface area (Å²) < 4.78 is 0. The van der Waals surface area contributed by atoms with Crippen LogP contribution in [0.15, 0.2) is 0 Å². The summed E-state index contributed by atoms with van der Waals surface area (Å²) in [7, 11) is 4.41. The van der Waals surface area contributed by atoms with E-state index in [2.05, 4.69) is 38.2 Å². The number of hydrogen-bond acceptors (Lipinski definition) is 2. The molecule has 0 aromatic rings. The summed E-state index contributed by atoms with van der Waals surface area (Å²) in [6.07, 6.45) is 9.51. The van der Waals surface area contributed by atoms with E-state index in [9.17, 15) is 0 Å². The molecule has 0 saturated heterocycles. The lowest BCUT2D eigenvalue weighted by Gasteiger charge is -2.22. The zero-order valence-electron chi connectivity index (χ0n) is 11.6. The largest absolute Gasteiger partial charge is 0.311 e. The lowest BCUT2D eigenvalue weighted by molar-refractivity contribution is 0.290. The highest BCUT2D eigenvalue weighted by atomic mass is 15.1. The van der Waals surface area contributed by atoms with E-state index in [4.69, 9.17) is 0 Å². The molecule has 0 spiro atoms. The van der Waals surface area contributed by atoms with Crippen LogP contribution in [0.2, 0.25) is 0 Å². The molecule has 0 amide bonds. The van der Waals surface area contributed by atoms with Crippen LogP contribution in [0.3, 0.4) is 0 Å². The third-order valence-electron chi connectivity index (χ3n) is 3.90. The van der Waals surface area contributed by atoms with Crippen LogP contribution in [0, 0.1) is 0 Å². The van der Waals surface area contributed by atoms with Crippen LogP contribution in [0.1, 0.15) is 58.8 Å². The Balaban J connectivity index is 2.13. The summed E-state index contributed by atoms with van der Waals surface area (Å²) in [5.41, 5.74) is 0. The fourth-order valence-corrected chi connectivity index (χ4v) is 2.76. The van der Waals surface area contributed by atoms with Crippen molar-refractivity contribution in [3.05, 3.63) is 0 Å². The molecule has 0 radical (unpaired) electrons. The summed E-state index contributed by atoms with van der Waals surface area (Å²) >= 11 is 0. The molecule has 1 aliphatic rings. The standard InChI is InChI=1S/C14H30N2/c1-5-6-7-8-12(2)15-13-9-10-14(11-13)16(3)4/h12-15H,5-11H2,1-4H3. The number of unbranched alkanes of at least 4 members (excludes halogenated alkanes) is 2. The molecular formula is C14H30N2. The van der Waals surface area contributed by atoms with Crippen LogP contribution in [0.25, 0.3) is 0 Å². The summed E-state index contributed by atoms with van der Waals surface area (Å²) in [4.78, 5) is 2.38. The average molecular weight is 226 g/mol. The Morgan fingerprint density at radius 3 is 2.56 bits per heavy atom. The van der Waals surface area contributed by atoms with Crippen molar-refractivity contribution in [1.82, 2.24) is 10.2 Å². The predicted molar refractivity (Wildman–Crippen MR) is 71.9 cm³/mol. The maximum atomic E-state index is 3.80. The Hall–Kier alpha value is -0.0800. The zero-order chi connectivity index (χ0) is 12.0. The topological polar surface area (TPSA) is 15.3 Å². The molecule has 0 aromatic carbocycles. The molecule has 0 heterocycles. The van der Waals surface area contributed by atoms with Gasteiger partial charge in [-0.3, -0.25) is 0 Å². The van der Waals surface area contributed by atoms with Crippen molar-refractivity contribution < 1.29 is 0 Å². The Morgan fingerprint density at radius 2 is 2.00 bits per heavy atom. The molecule has 0 aromatic heterocycles. The molecule has 3 atom stereocenters. The maximum Gasteiger partial charge on any atom is 0.0105 e. The highest BCUT2D eigenvalue weighted by molar-refractivity contribution is 4.86. The minimum atomic E-state index is 0.706. The van der Waals surface area contributed by atoms with Crippen LogP contribution in [-0.2, 0) is 0 Å². The molecule has 0 aliphatic heterocycles. The molecule has 1 aliphatic carbocycles. The number of nitrogens with one attached hydrogen (secondary N) is 1. The van der Waals surface area contributed by atoms with Crippen LogP contribution in [0.4, 0.5) is 0 Å². The van der Waals surface area contributed by atoms with Crippen molar-refractivity contribution in [2.24, 2.45) is 0 Å². The van der Waals surface area contributed by atoms with E-state index >= 15 is 0 Å². The Bertz CT molecular complexity index is 180. The van der Waals surface area contributed by atoms with Crippen LogP contribution in [-0.4, -0.2) is 37.1 Å². The zero-order valence-corrected chi connectivity index (χ0v) is 11.6. The molecule has 3 unspecified atom stereocenters. The van der Waals surface area contributed by atoms with Gasteiger partial charge in [-0.25, -0.2) is 0 Å². The SMILES string of the molecule is CCCCCC(C)NC1CCC(N(C)C)C1. The van der Waals surface area contributed by atoms with Crippen molar-refractivity contribution in [3.8, 4) is 0 Å². The van der Waals surface area contributed by atoms with E-state index in [0.29, 0.717) is 6.04 Å². The van der Waals surface area contributed by atoms with E-state index in [-0.39, 0.29) is 0 Å². The first-order valence-electron chi connectivity index (χ1n) is 7.06. The monoisotopic (exact) mass is 226 g/mol. The molecular weight excluding hydrogens is 196 g/mol. The third-order valence-corrected chi connectivity index (χ3v) is 3.90. The normalized spacial score (nSPS) is 27.6. The molecule has 1 N–H and O–H groups in total. The first-order chi connectivity index (χ1) is 7.63. The molecule has 2 heteroatoms. The second kappa shape index (κ2) is 7.29. The minimum Gasteiger partial charge on any atom is -0.311 e. The van der Waals surface area contributed by atoms with Gasteiger partial charge in [-0.15, -0.1) is 0 Å². The van der Waals surface area contributed by atoms with E-state index in [1.165, 1.54) is 44.9 Å². The number of hydrogen-bond donors (Lipinski definition) is 1. The van der Waals surface area contributed by atoms with Gasteiger partial charge in [0.1, 0.15) is 0 Å².